The third-order valence-corrected chi connectivity index (χ3v) is 5.14. The molecule has 2 atom stereocenters. The lowest BCUT2D eigenvalue weighted by atomic mass is 10.1. The summed E-state index contributed by atoms with van der Waals surface area (Å²) in [6.07, 6.45) is 0.0304. The lowest BCUT2D eigenvalue weighted by molar-refractivity contribution is -0.120. The minimum atomic E-state index is -1.25. The van der Waals surface area contributed by atoms with E-state index in [-0.39, 0.29) is 29.9 Å². The molecular formula is C18H17BrFN3O5. The number of ether oxygens (including phenoxy) is 1. The fourth-order valence-electron chi connectivity index (χ4n) is 3.07. The second-order valence-corrected chi connectivity index (χ2v) is 7.08. The number of anilines is 1. The van der Waals surface area contributed by atoms with Crippen molar-refractivity contribution < 1.29 is 23.8 Å². The third kappa shape index (κ3) is 3.92. The fourth-order valence-corrected chi connectivity index (χ4v) is 3.41. The lowest BCUT2D eigenvalue weighted by Crippen LogP contribution is -2.42. The summed E-state index contributed by atoms with van der Waals surface area (Å²) in [5.74, 6) is -1.39. The first-order chi connectivity index (χ1) is 13.3. The van der Waals surface area contributed by atoms with Gasteiger partial charge in [-0.1, -0.05) is 0 Å². The Balaban J connectivity index is 1.81. The number of aromatic nitrogens is 1. The second-order valence-electron chi connectivity index (χ2n) is 6.23. The van der Waals surface area contributed by atoms with Gasteiger partial charge in [-0.3, -0.25) is 19.1 Å². The van der Waals surface area contributed by atoms with Crippen molar-refractivity contribution in [3.05, 3.63) is 57.2 Å². The smallest absolute Gasteiger partial charge is 0.408 e. The zero-order valence-corrected chi connectivity index (χ0v) is 16.3. The van der Waals surface area contributed by atoms with Gasteiger partial charge in [0.05, 0.1) is 28.5 Å². The lowest BCUT2D eigenvalue weighted by Gasteiger charge is -2.20. The summed E-state index contributed by atoms with van der Waals surface area (Å²) >= 11 is 3.13. The SMILES string of the molecule is CO[C@@H]1C[C@H](C(=O)Nc2ccc(-n3cccc(Br)c3=O)cc2F)N(C(=O)O)C1. The Hall–Kier alpha value is -2.72. The van der Waals surface area contributed by atoms with Crippen LogP contribution in [0.1, 0.15) is 6.42 Å². The highest BCUT2D eigenvalue weighted by Crippen LogP contribution is 2.23. The van der Waals surface area contributed by atoms with Gasteiger partial charge in [-0.25, -0.2) is 9.18 Å². The Morgan fingerprint density at radius 2 is 2.11 bits per heavy atom. The zero-order valence-electron chi connectivity index (χ0n) is 14.8. The van der Waals surface area contributed by atoms with Gasteiger partial charge >= 0.3 is 6.09 Å². The first-order valence-corrected chi connectivity index (χ1v) is 9.11. The molecule has 10 heteroatoms. The van der Waals surface area contributed by atoms with Crippen molar-refractivity contribution in [1.29, 1.82) is 0 Å². The molecule has 148 valence electrons. The van der Waals surface area contributed by atoms with Gasteiger partial charge in [-0.15, -0.1) is 0 Å². The standard InChI is InChI=1S/C18H17BrFN3O5/c1-28-11-8-15(23(9-11)18(26)27)16(24)21-14-5-4-10(7-13(14)20)22-6-2-3-12(19)17(22)25/h2-7,11,15H,8-9H2,1H3,(H,21,24)(H,26,27)/t11-,15-/m1/s1. The predicted octanol–water partition coefficient (Wildman–Crippen LogP) is 2.44. The third-order valence-electron chi connectivity index (χ3n) is 4.53. The Morgan fingerprint density at radius 3 is 2.75 bits per heavy atom. The Labute approximate surface area is 167 Å². The van der Waals surface area contributed by atoms with Crippen molar-refractivity contribution in [2.24, 2.45) is 0 Å². The number of rotatable bonds is 4. The average Bonchev–Trinajstić information content (AvgIpc) is 3.11. The number of nitrogens with zero attached hydrogens (tertiary/aromatic N) is 2. The molecule has 0 saturated carbocycles. The van der Waals surface area contributed by atoms with Crippen molar-refractivity contribution in [2.75, 3.05) is 19.0 Å². The molecule has 0 aliphatic carbocycles. The highest BCUT2D eigenvalue weighted by molar-refractivity contribution is 9.10. The molecule has 3 rings (SSSR count). The molecule has 1 aliphatic heterocycles. The number of carboxylic acid groups (broad SMARTS) is 1. The molecule has 28 heavy (non-hydrogen) atoms. The molecule has 2 heterocycles. The number of likely N-dealkylation sites (tertiary alicyclic amines) is 1. The Bertz CT molecular complexity index is 980. The van der Waals surface area contributed by atoms with Crippen LogP contribution in [0, 0.1) is 5.82 Å². The van der Waals surface area contributed by atoms with Crippen LogP contribution in [-0.2, 0) is 9.53 Å². The molecule has 2 aromatic rings. The number of halogens is 2. The molecule has 8 nitrogen and oxygen atoms in total. The topological polar surface area (TPSA) is 101 Å². The molecule has 1 aromatic heterocycles. The van der Waals surface area contributed by atoms with Crippen molar-refractivity contribution in [1.82, 2.24) is 9.47 Å². The maximum absolute atomic E-state index is 14.5. The maximum Gasteiger partial charge on any atom is 0.408 e. The summed E-state index contributed by atoms with van der Waals surface area (Å²) in [7, 11) is 1.44. The van der Waals surface area contributed by atoms with Gasteiger partial charge < -0.3 is 15.2 Å². The zero-order chi connectivity index (χ0) is 20.4. The first kappa shape index (κ1) is 20.0. The number of amides is 2. The van der Waals surface area contributed by atoms with E-state index in [1.165, 1.54) is 30.0 Å². The van der Waals surface area contributed by atoms with E-state index in [9.17, 15) is 23.9 Å². The van der Waals surface area contributed by atoms with Crippen molar-refractivity contribution in [3.8, 4) is 5.69 Å². The summed E-state index contributed by atoms with van der Waals surface area (Å²) in [6.45, 7) is 0.0666. The molecule has 2 N–H and O–H groups in total. The van der Waals surface area contributed by atoms with Gasteiger partial charge in [0.25, 0.3) is 5.56 Å². The van der Waals surface area contributed by atoms with Gasteiger partial charge in [0.1, 0.15) is 11.9 Å². The van der Waals surface area contributed by atoms with Crippen LogP contribution >= 0.6 is 15.9 Å². The van der Waals surface area contributed by atoms with Crippen molar-refractivity contribution in [3.63, 3.8) is 0 Å². The van der Waals surface area contributed by atoms with Crippen molar-refractivity contribution >= 4 is 33.6 Å². The van der Waals surface area contributed by atoms with E-state index in [0.29, 0.717) is 4.47 Å². The van der Waals surface area contributed by atoms with E-state index >= 15 is 0 Å². The Morgan fingerprint density at radius 1 is 1.36 bits per heavy atom. The fraction of sp³-hybridized carbons (Fsp3) is 0.278. The monoisotopic (exact) mass is 453 g/mol. The molecule has 0 spiro atoms. The van der Waals surface area contributed by atoms with E-state index in [1.807, 2.05) is 0 Å². The number of pyridine rings is 1. The number of nitrogens with one attached hydrogen (secondary N) is 1. The number of carbonyl (C=O) groups is 2. The van der Waals surface area contributed by atoms with Crippen molar-refractivity contribution in [2.45, 2.75) is 18.6 Å². The minimum Gasteiger partial charge on any atom is -0.465 e. The molecule has 1 aromatic carbocycles. The van der Waals surface area contributed by atoms with E-state index in [4.69, 9.17) is 4.74 Å². The first-order valence-electron chi connectivity index (χ1n) is 8.32. The van der Waals surface area contributed by atoms with Gasteiger partial charge in [0.15, 0.2) is 0 Å². The molecule has 0 bridgehead atoms. The second kappa shape index (κ2) is 8.11. The van der Waals surface area contributed by atoms with E-state index in [2.05, 4.69) is 21.2 Å². The number of carbonyl (C=O) groups excluding carboxylic acids is 1. The highest BCUT2D eigenvalue weighted by atomic mass is 79.9. The van der Waals surface area contributed by atoms with Gasteiger partial charge in [0.2, 0.25) is 5.91 Å². The molecule has 1 aliphatic rings. The summed E-state index contributed by atoms with van der Waals surface area (Å²) < 4.78 is 21.2. The highest BCUT2D eigenvalue weighted by Gasteiger charge is 2.40. The van der Waals surface area contributed by atoms with Crippen LogP contribution in [-0.4, -0.2) is 52.4 Å². The summed E-state index contributed by atoms with van der Waals surface area (Å²) in [4.78, 5) is 36.9. The molecular weight excluding hydrogens is 437 g/mol. The summed E-state index contributed by atoms with van der Waals surface area (Å²) in [5, 5.41) is 11.7. The quantitative estimate of drug-likeness (QED) is 0.740. The summed E-state index contributed by atoms with van der Waals surface area (Å²) in [5.41, 5.74) is -0.176. The molecule has 0 radical (unpaired) electrons. The molecule has 1 fully saturated rings. The van der Waals surface area contributed by atoms with E-state index in [0.717, 1.165) is 11.0 Å². The Kier molecular flexibility index (Phi) is 5.80. The van der Waals surface area contributed by atoms with Crippen LogP contribution < -0.4 is 10.9 Å². The molecule has 0 unspecified atom stereocenters. The number of methoxy groups -OCH3 is 1. The molecule has 1 saturated heterocycles. The minimum absolute atomic E-state index is 0.0666. The van der Waals surface area contributed by atoms with Crippen LogP contribution in [0.15, 0.2) is 45.8 Å². The van der Waals surface area contributed by atoms with Crippen LogP contribution in [0.3, 0.4) is 0 Å². The van der Waals surface area contributed by atoms with Crippen LogP contribution in [0.2, 0.25) is 0 Å². The maximum atomic E-state index is 14.5. The average molecular weight is 454 g/mol. The summed E-state index contributed by atoms with van der Waals surface area (Å²) in [6, 6.07) is 6.15. The number of hydrogen-bond acceptors (Lipinski definition) is 4. The van der Waals surface area contributed by atoms with E-state index < -0.39 is 30.0 Å². The van der Waals surface area contributed by atoms with Crippen LogP contribution in [0.5, 0.6) is 0 Å². The van der Waals surface area contributed by atoms with Crippen LogP contribution in [0.25, 0.3) is 5.69 Å². The van der Waals surface area contributed by atoms with Gasteiger partial charge in [-0.05, 0) is 40.2 Å². The molecule has 2 amide bonds. The largest absolute Gasteiger partial charge is 0.465 e. The van der Waals surface area contributed by atoms with Gasteiger partial charge in [0, 0.05) is 25.8 Å². The normalized spacial score (nSPS) is 18.9. The van der Waals surface area contributed by atoms with Crippen LogP contribution in [0.4, 0.5) is 14.9 Å². The van der Waals surface area contributed by atoms with E-state index in [1.54, 1.807) is 12.1 Å². The predicted molar refractivity (Wildman–Crippen MR) is 102 cm³/mol. The van der Waals surface area contributed by atoms with Gasteiger partial charge in [-0.2, -0.15) is 0 Å². The number of benzene rings is 1. The number of hydrogen-bond donors (Lipinski definition) is 2.